The molecule has 3 rings (SSSR count). The number of carbonyl (C=O) groups excluding carboxylic acids is 1. The number of fused-ring (bicyclic) bond motifs is 1. The Morgan fingerprint density at radius 3 is 2.68 bits per heavy atom. The summed E-state index contributed by atoms with van der Waals surface area (Å²) in [5.41, 5.74) is 4.52. The summed E-state index contributed by atoms with van der Waals surface area (Å²) in [6.45, 7) is 3.10. The molecule has 1 heterocycles. The standard InChI is InChI=1S/C23H25NO4/c1-16(12-23(25)24-10-7-11-26-2)18-13-19-20(17-8-5-4-6-9-17)15-28-22(19)14-21(18)27-3/h4-6,8-9,12-15H,7,10-11H2,1-3H3,(H,24,25)/b16-12+. The van der Waals surface area contributed by atoms with Gasteiger partial charge in [-0.15, -0.1) is 0 Å². The molecule has 0 aliphatic carbocycles. The maximum absolute atomic E-state index is 12.2. The third-order valence-electron chi connectivity index (χ3n) is 4.58. The monoisotopic (exact) mass is 379 g/mol. The van der Waals surface area contributed by atoms with Gasteiger partial charge in [-0.25, -0.2) is 0 Å². The molecule has 5 heteroatoms. The molecule has 28 heavy (non-hydrogen) atoms. The Hall–Kier alpha value is -3.05. The second-order valence-corrected chi connectivity index (χ2v) is 6.53. The molecule has 0 aliphatic heterocycles. The van der Waals surface area contributed by atoms with Crippen molar-refractivity contribution in [2.45, 2.75) is 13.3 Å². The van der Waals surface area contributed by atoms with Crippen molar-refractivity contribution < 1.29 is 18.7 Å². The van der Waals surface area contributed by atoms with E-state index in [0.29, 0.717) is 18.9 Å². The second-order valence-electron chi connectivity index (χ2n) is 6.53. The molecule has 0 aliphatic rings. The van der Waals surface area contributed by atoms with Crippen LogP contribution in [-0.2, 0) is 9.53 Å². The molecular formula is C23H25NO4. The first kappa shape index (κ1) is 19.7. The molecule has 146 valence electrons. The maximum Gasteiger partial charge on any atom is 0.244 e. The van der Waals surface area contributed by atoms with Crippen molar-refractivity contribution in [1.82, 2.24) is 5.32 Å². The van der Waals surface area contributed by atoms with Crippen molar-refractivity contribution in [3.63, 3.8) is 0 Å². The molecule has 1 aromatic heterocycles. The van der Waals surface area contributed by atoms with Crippen molar-refractivity contribution in [2.24, 2.45) is 0 Å². The number of hydrogen-bond acceptors (Lipinski definition) is 4. The Morgan fingerprint density at radius 2 is 1.96 bits per heavy atom. The lowest BCUT2D eigenvalue weighted by Crippen LogP contribution is -2.23. The number of benzene rings is 2. The lowest BCUT2D eigenvalue weighted by atomic mass is 9.99. The number of methoxy groups -OCH3 is 2. The smallest absolute Gasteiger partial charge is 0.244 e. The van der Waals surface area contributed by atoms with Gasteiger partial charge in [0.05, 0.1) is 13.4 Å². The quantitative estimate of drug-likeness (QED) is 0.457. The van der Waals surface area contributed by atoms with Crippen LogP contribution in [-0.4, -0.2) is 33.3 Å². The van der Waals surface area contributed by atoms with Gasteiger partial charge in [0.25, 0.3) is 0 Å². The van der Waals surface area contributed by atoms with E-state index in [1.807, 2.05) is 49.4 Å². The van der Waals surface area contributed by atoms with Crippen LogP contribution < -0.4 is 10.1 Å². The molecule has 0 spiro atoms. The van der Waals surface area contributed by atoms with Crippen LogP contribution in [0.25, 0.3) is 27.7 Å². The summed E-state index contributed by atoms with van der Waals surface area (Å²) in [5.74, 6) is 0.536. The van der Waals surface area contributed by atoms with Gasteiger partial charge < -0.3 is 19.2 Å². The van der Waals surface area contributed by atoms with Gasteiger partial charge in [-0.2, -0.15) is 0 Å². The van der Waals surface area contributed by atoms with E-state index >= 15 is 0 Å². The van der Waals surface area contributed by atoms with Crippen LogP contribution in [0.5, 0.6) is 5.75 Å². The zero-order valence-electron chi connectivity index (χ0n) is 16.5. The van der Waals surface area contributed by atoms with Crippen molar-refractivity contribution >= 4 is 22.4 Å². The lowest BCUT2D eigenvalue weighted by Gasteiger charge is -2.10. The first-order chi connectivity index (χ1) is 13.6. The Balaban J connectivity index is 1.93. The predicted molar refractivity (Wildman–Crippen MR) is 111 cm³/mol. The molecule has 1 amide bonds. The second kappa shape index (κ2) is 9.24. The number of carbonyl (C=O) groups is 1. The van der Waals surface area contributed by atoms with Crippen LogP contribution in [0.4, 0.5) is 0 Å². The van der Waals surface area contributed by atoms with Crippen molar-refractivity contribution in [1.29, 1.82) is 0 Å². The topological polar surface area (TPSA) is 60.7 Å². The van der Waals surface area contributed by atoms with E-state index in [1.54, 1.807) is 26.6 Å². The van der Waals surface area contributed by atoms with Crippen LogP contribution in [0.3, 0.4) is 0 Å². The lowest BCUT2D eigenvalue weighted by molar-refractivity contribution is -0.116. The van der Waals surface area contributed by atoms with Gasteiger partial charge in [0.2, 0.25) is 5.91 Å². The third-order valence-corrected chi connectivity index (χ3v) is 4.58. The maximum atomic E-state index is 12.2. The van der Waals surface area contributed by atoms with Gasteiger partial charge in [0.1, 0.15) is 11.3 Å². The molecule has 0 saturated heterocycles. The predicted octanol–water partition coefficient (Wildman–Crippen LogP) is 4.66. The number of rotatable bonds is 8. The number of furan rings is 1. The molecule has 0 atom stereocenters. The number of ether oxygens (including phenoxy) is 2. The third kappa shape index (κ3) is 4.43. The average Bonchev–Trinajstić information content (AvgIpc) is 3.13. The fraction of sp³-hybridized carbons (Fsp3) is 0.261. The number of hydrogen-bond donors (Lipinski definition) is 1. The van der Waals surface area contributed by atoms with Gasteiger partial charge in [-0.05, 0) is 30.5 Å². The normalized spacial score (nSPS) is 11.6. The molecule has 0 saturated carbocycles. The Bertz CT molecular complexity index is 973. The van der Waals surface area contributed by atoms with E-state index < -0.39 is 0 Å². The number of nitrogens with one attached hydrogen (secondary N) is 1. The van der Waals surface area contributed by atoms with E-state index in [4.69, 9.17) is 13.9 Å². The molecule has 0 bridgehead atoms. The minimum absolute atomic E-state index is 0.133. The summed E-state index contributed by atoms with van der Waals surface area (Å²) < 4.78 is 16.3. The molecule has 5 nitrogen and oxygen atoms in total. The summed E-state index contributed by atoms with van der Waals surface area (Å²) in [4.78, 5) is 12.2. The van der Waals surface area contributed by atoms with Crippen molar-refractivity contribution in [3.05, 3.63) is 60.4 Å². The van der Waals surface area contributed by atoms with E-state index in [-0.39, 0.29) is 5.91 Å². The largest absolute Gasteiger partial charge is 0.496 e. The zero-order chi connectivity index (χ0) is 19.9. The Labute approximate surface area is 164 Å². The molecule has 2 aromatic carbocycles. The number of amides is 1. The van der Waals surface area contributed by atoms with Crippen LogP contribution in [0, 0.1) is 0 Å². The summed E-state index contributed by atoms with van der Waals surface area (Å²) in [6, 6.07) is 14.0. The van der Waals surface area contributed by atoms with Crippen LogP contribution in [0.15, 0.2) is 59.2 Å². The van der Waals surface area contributed by atoms with Crippen molar-refractivity contribution in [3.8, 4) is 16.9 Å². The molecule has 0 unspecified atom stereocenters. The first-order valence-corrected chi connectivity index (χ1v) is 9.24. The van der Waals surface area contributed by atoms with E-state index in [0.717, 1.165) is 39.7 Å². The highest BCUT2D eigenvalue weighted by Crippen LogP contribution is 2.37. The molecule has 3 aromatic rings. The van der Waals surface area contributed by atoms with Crippen LogP contribution in [0.1, 0.15) is 18.9 Å². The summed E-state index contributed by atoms with van der Waals surface area (Å²) in [5, 5.41) is 3.85. The highest BCUT2D eigenvalue weighted by molar-refractivity contribution is 6.00. The highest BCUT2D eigenvalue weighted by atomic mass is 16.5. The zero-order valence-corrected chi connectivity index (χ0v) is 16.5. The highest BCUT2D eigenvalue weighted by Gasteiger charge is 2.14. The van der Waals surface area contributed by atoms with Gasteiger partial charge in [-0.1, -0.05) is 30.3 Å². The van der Waals surface area contributed by atoms with Crippen LogP contribution in [0.2, 0.25) is 0 Å². The van der Waals surface area contributed by atoms with E-state index in [9.17, 15) is 4.79 Å². The molecular weight excluding hydrogens is 354 g/mol. The summed E-state index contributed by atoms with van der Waals surface area (Å²) in [7, 11) is 3.26. The SMILES string of the molecule is COCCCNC(=O)/C=C(\C)c1cc2c(-c3ccccc3)coc2cc1OC. The fourth-order valence-electron chi connectivity index (χ4n) is 3.13. The van der Waals surface area contributed by atoms with E-state index in [1.165, 1.54) is 0 Å². The molecule has 0 fully saturated rings. The number of allylic oxidation sites excluding steroid dienone is 1. The Kier molecular flexibility index (Phi) is 6.50. The van der Waals surface area contributed by atoms with E-state index in [2.05, 4.69) is 5.32 Å². The summed E-state index contributed by atoms with van der Waals surface area (Å²) in [6.07, 6.45) is 4.13. The minimum atomic E-state index is -0.133. The minimum Gasteiger partial charge on any atom is -0.496 e. The van der Waals surface area contributed by atoms with Gasteiger partial charge in [-0.3, -0.25) is 4.79 Å². The van der Waals surface area contributed by atoms with Gasteiger partial charge in [0.15, 0.2) is 0 Å². The van der Waals surface area contributed by atoms with Gasteiger partial charge in [0, 0.05) is 48.9 Å². The van der Waals surface area contributed by atoms with Crippen molar-refractivity contribution in [2.75, 3.05) is 27.4 Å². The first-order valence-electron chi connectivity index (χ1n) is 9.24. The summed E-state index contributed by atoms with van der Waals surface area (Å²) >= 11 is 0. The molecule has 0 radical (unpaired) electrons. The fourth-order valence-corrected chi connectivity index (χ4v) is 3.13. The van der Waals surface area contributed by atoms with Crippen LogP contribution >= 0.6 is 0 Å². The average molecular weight is 379 g/mol. The Morgan fingerprint density at radius 1 is 1.18 bits per heavy atom. The van der Waals surface area contributed by atoms with Gasteiger partial charge >= 0.3 is 0 Å². The molecule has 1 N–H and O–H groups in total.